The number of nitrogens with one attached hydrogen (secondary N) is 2. The lowest BCUT2D eigenvalue weighted by molar-refractivity contribution is -0.139. The van der Waals surface area contributed by atoms with Gasteiger partial charge in [-0.25, -0.2) is 41.3 Å². The minimum Gasteiger partial charge on any atom is -0.480 e. The fourth-order valence-electron chi connectivity index (χ4n) is 5.11. The zero-order chi connectivity index (χ0) is 36.4. The third kappa shape index (κ3) is 6.92. The van der Waals surface area contributed by atoms with Crippen molar-refractivity contribution in [2.45, 2.75) is 17.4 Å². The van der Waals surface area contributed by atoms with Gasteiger partial charge in [0.1, 0.15) is 24.0 Å². The topological polar surface area (TPSA) is 208 Å². The number of nitrogens with zero attached hydrogens (tertiary/aromatic N) is 6. The Morgan fingerprint density at radius 2 is 1.63 bits per heavy atom. The van der Waals surface area contributed by atoms with Crippen LogP contribution in [0.1, 0.15) is 16.1 Å². The van der Waals surface area contributed by atoms with E-state index in [9.17, 15) is 32.7 Å². The summed E-state index contributed by atoms with van der Waals surface area (Å²) < 4.78 is 60.0. The predicted octanol–water partition coefficient (Wildman–Crippen LogP) is 2.44. The number of sulfonamides is 1. The Kier molecular flexibility index (Phi) is 9.16. The quantitative estimate of drug-likeness (QED) is 0.188. The van der Waals surface area contributed by atoms with E-state index in [0.29, 0.717) is 28.8 Å². The van der Waals surface area contributed by atoms with Crippen molar-refractivity contribution in [3.8, 4) is 16.8 Å². The van der Waals surface area contributed by atoms with E-state index in [-0.39, 0.29) is 21.7 Å². The van der Waals surface area contributed by atoms with Crippen molar-refractivity contribution in [3.63, 3.8) is 0 Å². The molecule has 0 spiro atoms. The molecule has 0 saturated carbocycles. The average molecular weight is 715 g/mol. The van der Waals surface area contributed by atoms with Gasteiger partial charge in [-0.15, -0.1) is 0 Å². The largest absolute Gasteiger partial charge is 0.480 e. The number of aromatic nitrogens is 6. The van der Waals surface area contributed by atoms with Crippen LogP contribution in [0.5, 0.6) is 0 Å². The molecule has 0 saturated heterocycles. The zero-order valence-electron chi connectivity index (χ0n) is 26.2. The summed E-state index contributed by atoms with van der Waals surface area (Å²) in [6.07, 6.45) is 7.92. The number of carbonyl (C=O) groups is 2. The molecule has 2 aromatic carbocycles. The molecule has 1 atom stereocenters. The monoisotopic (exact) mass is 714 g/mol. The van der Waals surface area contributed by atoms with Crippen LogP contribution < -0.4 is 21.3 Å². The summed E-state index contributed by atoms with van der Waals surface area (Å²) in [6, 6.07) is 8.83. The summed E-state index contributed by atoms with van der Waals surface area (Å²) in [4.78, 5) is 66.5. The van der Waals surface area contributed by atoms with Crippen molar-refractivity contribution in [2.24, 2.45) is 7.05 Å². The highest BCUT2D eigenvalue weighted by Gasteiger charge is 2.26. The highest BCUT2D eigenvalue weighted by Crippen LogP contribution is 2.25. The Morgan fingerprint density at radius 3 is 2.29 bits per heavy atom. The Balaban J connectivity index is 1.17. The standard InChI is InChI=1S/C33H24F2N8O7S/c1-42-29-16-36-9-8-23(29)31(45)43(33(42)48)21-5-4-20(39-15-21)10-28(32(46)47)40-30(44)24-11-26(35)27(12-25(24)34)41-51(49,50)22-6-2-18(3-7-22)19-13-37-17-38-14-19/h2-9,11-17,28,41H,10H2,1H3,(H,40,44)(H,46,47)/t28-/m0/s1. The molecule has 6 rings (SSSR count). The Hall–Kier alpha value is -6.69. The number of halogens is 2. The van der Waals surface area contributed by atoms with Gasteiger partial charge in [0.05, 0.1) is 45.1 Å². The maximum atomic E-state index is 15.1. The van der Waals surface area contributed by atoms with E-state index in [1.54, 1.807) is 0 Å². The lowest BCUT2D eigenvalue weighted by Crippen LogP contribution is -2.42. The number of aryl methyl sites for hydroxylation is 1. The van der Waals surface area contributed by atoms with Crippen LogP contribution >= 0.6 is 0 Å². The first-order chi connectivity index (χ1) is 24.3. The number of hydrogen-bond acceptors (Lipinski definition) is 10. The summed E-state index contributed by atoms with van der Waals surface area (Å²) in [5.74, 6) is -5.47. The molecule has 18 heteroatoms. The van der Waals surface area contributed by atoms with Crippen molar-refractivity contribution in [2.75, 3.05) is 4.72 Å². The number of hydrogen-bond donors (Lipinski definition) is 3. The summed E-state index contributed by atoms with van der Waals surface area (Å²) in [6.45, 7) is 0. The highest BCUT2D eigenvalue weighted by molar-refractivity contribution is 7.92. The number of amides is 1. The van der Waals surface area contributed by atoms with Crippen LogP contribution in [-0.2, 0) is 28.3 Å². The van der Waals surface area contributed by atoms with Gasteiger partial charge in [-0.05, 0) is 42.0 Å². The number of anilines is 1. The molecule has 0 aliphatic heterocycles. The van der Waals surface area contributed by atoms with E-state index in [1.807, 2.05) is 4.72 Å². The van der Waals surface area contributed by atoms with Gasteiger partial charge in [0, 0.05) is 49.4 Å². The summed E-state index contributed by atoms with van der Waals surface area (Å²) in [5.41, 5.74) is -1.22. The van der Waals surface area contributed by atoms with E-state index in [1.165, 1.54) is 91.4 Å². The number of benzene rings is 2. The van der Waals surface area contributed by atoms with Crippen molar-refractivity contribution in [3.05, 3.63) is 136 Å². The normalized spacial score (nSPS) is 12.0. The van der Waals surface area contributed by atoms with E-state index in [2.05, 4.69) is 25.3 Å². The van der Waals surface area contributed by atoms with Crippen LogP contribution in [0.25, 0.3) is 27.7 Å². The Bertz CT molecular complexity index is 2550. The molecule has 3 N–H and O–H groups in total. The van der Waals surface area contributed by atoms with E-state index in [4.69, 9.17) is 0 Å². The van der Waals surface area contributed by atoms with E-state index >= 15 is 8.78 Å². The molecule has 258 valence electrons. The second-order valence-corrected chi connectivity index (χ2v) is 12.7. The fraction of sp³-hybridized carbons (Fsp3) is 0.0909. The van der Waals surface area contributed by atoms with Crippen LogP contribution in [0.4, 0.5) is 14.5 Å². The zero-order valence-corrected chi connectivity index (χ0v) is 27.0. The third-order valence-electron chi connectivity index (χ3n) is 7.76. The first kappa shape index (κ1) is 34.2. The first-order valence-corrected chi connectivity index (χ1v) is 16.2. The van der Waals surface area contributed by atoms with Crippen LogP contribution in [0.15, 0.2) is 106 Å². The number of carboxylic acids is 1. The Morgan fingerprint density at radius 1 is 0.902 bits per heavy atom. The van der Waals surface area contributed by atoms with Gasteiger partial charge >= 0.3 is 11.7 Å². The maximum Gasteiger partial charge on any atom is 0.335 e. The smallest absolute Gasteiger partial charge is 0.335 e. The van der Waals surface area contributed by atoms with Crippen LogP contribution in [0.3, 0.4) is 0 Å². The van der Waals surface area contributed by atoms with Crippen molar-refractivity contribution < 1.29 is 31.9 Å². The Labute approximate surface area is 286 Å². The molecule has 0 fully saturated rings. The van der Waals surface area contributed by atoms with Crippen LogP contribution in [0, 0.1) is 11.6 Å². The fourth-order valence-corrected chi connectivity index (χ4v) is 6.17. The first-order valence-electron chi connectivity index (χ1n) is 14.8. The van der Waals surface area contributed by atoms with Crippen LogP contribution in [0.2, 0.25) is 0 Å². The second-order valence-electron chi connectivity index (χ2n) is 11.0. The number of fused-ring (bicyclic) bond motifs is 1. The van der Waals surface area contributed by atoms with Gasteiger partial charge in [-0.1, -0.05) is 12.1 Å². The van der Waals surface area contributed by atoms with Crippen LogP contribution in [-0.4, -0.2) is 60.5 Å². The van der Waals surface area contributed by atoms with Gasteiger partial charge in [0.2, 0.25) is 0 Å². The molecule has 0 radical (unpaired) electrons. The number of aliphatic carboxylic acids is 1. The van der Waals surface area contributed by atoms with Gasteiger partial charge in [0.25, 0.3) is 21.5 Å². The van der Waals surface area contributed by atoms with Gasteiger partial charge in [0.15, 0.2) is 0 Å². The highest BCUT2D eigenvalue weighted by atomic mass is 32.2. The average Bonchev–Trinajstić information content (AvgIpc) is 3.12. The van der Waals surface area contributed by atoms with Gasteiger partial charge in [-0.2, -0.15) is 0 Å². The minimum absolute atomic E-state index is 0.0894. The van der Waals surface area contributed by atoms with Crippen molar-refractivity contribution in [1.29, 1.82) is 0 Å². The van der Waals surface area contributed by atoms with Crippen molar-refractivity contribution >= 4 is 38.5 Å². The molecule has 0 unspecified atom stereocenters. The molecular formula is C33H24F2N8O7S. The third-order valence-corrected chi connectivity index (χ3v) is 9.14. The molecule has 4 heterocycles. The number of rotatable bonds is 10. The van der Waals surface area contributed by atoms with Crippen molar-refractivity contribution in [1.82, 2.24) is 34.4 Å². The lowest BCUT2D eigenvalue weighted by atomic mass is 10.1. The lowest BCUT2D eigenvalue weighted by Gasteiger charge is -2.16. The van der Waals surface area contributed by atoms with Gasteiger partial charge in [-0.3, -0.25) is 28.8 Å². The molecule has 51 heavy (non-hydrogen) atoms. The van der Waals surface area contributed by atoms with E-state index < -0.39 is 68.5 Å². The molecule has 1 amide bonds. The number of pyridine rings is 2. The maximum absolute atomic E-state index is 15.1. The minimum atomic E-state index is -4.40. The molecular weight excluding hydrogens is 690 g/mol. The number of carbonyl (C=O) groups excluding carboxylic acids is 1. The molecule has 0 bridgehead atoms. The second kappa shape index (κ2) is 13.7. The number of carboxylic acid groups (broad SMARTS) is 1. The van der Waals surface area contributed by atoms with Gasteiger partial charge < -0.3 is 10.4 Å². The molecule has 0 aliphatic carbocycles. The molecule has 4 aromatic heterocycles. The summed E-state index contributed by atoms with van der Waals surface area (Å²) in [7, 11) is -2.93. The molecule has 0 aliphatic rings. The molecule has 15 nitrogen and oxygen atoms in total. The summed E-state index contributed by atoms with van der Waals surface area (Å²) >= 11 is 0. The SMILES string of the molecule is Cn1c(=O)n(-c2ccc(C[C@H](NC(=O)c3cc(F)c(NS(=O)(=O)c4ccc(-c5cncnc5)cc4)cc3F)C(=O)O)nc2)c(=O)c2ccncc21. The molecule has 6 aromatic rings. The van der Waals surface area contributed by atoms with E-state index in [0.717, 1.165) is 4.57 Å². The predicted molar refractivity (Wildman–Crippen MR) is 178 cm³/mol. The summed E-state index contributed by atoms with van der Waals surface area (Å²) in [5, 5.41) is 12.1.